The Morgan fingerprint density at radius 3 is 2.54 bits per heavy atom. The molecule has 2 aromatic carbocycles. The number of nitrogens with zero attached hydrogens (tertiary/aromatic N) is 3. The number of alkyl halides is 3. The van der Waals surface area contributed by atoms with Gasteiger partial charge in [-0.25, -0.2) is 4.79 Å². The number of benzene rings is 2. The topological polar surface area (TPSA) is 64.3 Å². The summed E-state index contributed by atoms with van der Waals surface area (Å²) < 4.78 is 38.7. The number of rotatable bonds is 2. The van der Waals surface area contributed by atoms with Crippen molar-refractivity contribution in [1.29, 1.82) is 0 Å². The molecule has 0 unspecified atom stereocenters. The van der Waals surface area contributed by atoms with E-state index in [1.165, 1.54) is 6.07 Å². The van der Waals surface area contributed by atoms with Gasteiger partial charge in [-0.1, -0.05) is 18.2 Å². The largest absolute Gasteiger partial charge is 0.416 e. The molecule has 28 heavy (non-hydrogen) atoms. The Morgan fingerprint density at radius 1 is 1.04 bits per heavy atom. The first-order chi connectivity index (χ1) is 13.4. The Hall–Kier alpha value is -3.23. The van der Waals surface area contributed by atoms with E-state index in [9.17, 15) is 18.0 Å². The van der Waals surface area contributed by atoms with Crippen LogP contribution in [-0.2, 0) is 6.18 Å². The van der Waals surface area contributed by atoms with Gasteiger partial charge in [-0.2, -0.15) is 18.3 Å². The molecule has 146 valence electrons. The van der Waals surface area contributed by atoms with Crippen LogP contribution in [0.15, 0.2) is 48.5 Å². The fourth-order valence-electron chi connectivity index (χ4n) is 3.29. The van der Waals surface area contributed by atoms with Gasteiger partial charge in [0, 0.05) is 37.3 Å². The van der Waals surface area contributed by atoms with Gasteiger partial charge in [0.1, 0.15) is 0 Å². The third-order valence-corrected chi connectivity index (χ3v) is 4.80. The van der Waals surface area contributed by atoms with Crippen molar-refractivity contribution in [1.82, 2.24) is 15.1 Å². The highest BCUT2D eigenvalue weighted by atomic mass is 19.4. The molecular weight excluding hydrogens is 371 g/mol. The van der Waals surface area contributed by atoms with E-state index in [-0.39, 0.29) is 6.03 Å². The highest BCUT2D eigenvalue weighted by molar-refractivity contribution is 5.98. The molecule has 0 atom stereocenters. The highest BCUT2D eigenvalue weighted by Crippen LogP contribution is 2.32. The number of anilines is 2. The van der Waals surface area contributed by atoms with Gasteiger partial charge in [0.15, 0.2) is 5.82 Å². The standard InChI is InChI=1S/C19H18F3N5O/c20-19(21,22)13-4-3-5-14(12-13)26-8-10-27(11-9-26)18(28)23-17-15-6-1-2-7-16(15)24-25-17/h1-7,12H,8-11H2,(H2,23,24,25,28). The Labute approximate surface area is 158 Å². The van der Waals surface area contributed by atoms with E-state index in [1.807, 2.05) is 29.2 Å². The number of aromatic amines is 1. The monoisotopic (exact) mass is 389 g/mol. The molecule has 6 nitrogen and oxygen atoms in total. The number of halogens is 3. The van der Waals surface area contributed by atoms with Crippen LogP contribution in [0.5, 0.6) is 0 Å². The lowest BCUT2D eigenvalue weighted by Gasteiger charge is -2.36. The Morgan fingerprint density at radius 2 is 1.79 bits per heavy atom. The fourth-order valence-corrected chi connectivity index (χ4v) is 3.29. The van der Waals surface area contributed by atoms with Crippen LogP contribution in [0, 0.1) is 0 Å². The number of piperazine rings is 1. The SMILES string of the molecule is O=C(Nc1n[nH]c2ccccc12)N1CCN(c2cccc(C(F)(F)F)c2)CC1. The van der Waals surface area contributed by atoms with Crippen LogP contribution >= 0.6 is 0 Å². The van der Waals surface area contributed by atoms with Gasteiger partial charge in [-0.15, -0.1) is 0 Å². The molecule has 2 heterocycles. The first-order valence-corrected chi connectivity index (χ1v) is 8.83. The summed E-state index contributed by atoms with van der Waals surface area (Å²) in [7, 11) is 0. The lowest BCUT2D eigenvalue weighted by atomic mass is 10.1. The summed E-state index contributed by atoms with van der Waals surface area (Å²) >= 11 is 0. The van der Waals surface area contributed by atoms with Gasteiger partial charge in [0.2, 0.25) is 0 Å². The molecule has 1 saturated heterocycles. The molecule has 0 bridgehead atoms. The van der Waals surface area contributed by atoms with Gasteiger partial charge < -0.3 is 9.80 Å². The molecule has 3 aromatic rings. The Bertz CT molecular complexity index is 992. The lowest BCUT2D eigenvalue weighted by Crippen LogP contribution is -2.50. The smallest absolute Gasteiger partial charge is 0.368 e. The maximum absolute atomic E-state index is 12.9. The van der Waals surface area contributed by atoms with Crippen molar-refractivity contribution >= 4 is 28.4 Å². The predicted octanol–water partition coefficient (Wildman–Crippen LogP) is 3.94. The van der Waals surface area contributed by atoms with Crippen LogP contribution in [0.4, 0.5) is 29.5 Å². The zero-order valence-corrected chi connectivity index (χ0v) is 14.8. The quantitative estimate of drug-likeness (QED) is 0.698. The number of fused-ring (bicyclic) bond motifs is 1. The zero-order chi connectivity index (χ0) is 19.7. The number of hydrogen-bond donors (Lipinski definition) is 2. The summed E-state index contributed by atoms with van der Waals surface area (Å²) in [5, 5.41) is 10.6. The molecule has 0 saturated carbocycles. The Balaban J connectivity index is 1.39. The summed E-state index contributed by atoms with van der Waals surface area (Å²) in [6, 6.07) is 12.4. The molecule has 0 spiro atoms. The second kappa shape index (κ2) is 7.06. The first-order valence-electron chi connectivity index (χ1n) is 8.83. The summed E-state index contributed by atoms with van der Waals surface area (Å²) in [4.78, 5) is 16.0. The second-order valence-electron chi connectivity index (χ2n) is 6.57. The average molecular weight is 389 g/mol. The third-order valence-electron chi connectivity index (χ3n) is 4.80. The van der Waals surface area contributed by atoms with E-state index in [0.717, 1.165) is 23.0 Å². The molecular formula is C19H18F3N5O. The van der Waals surface area contributed by atoms with Crippen molar-refractivity contribution < 1.29 is 18.0 Å². The van der Waals surface area contributed by atoms with Crippen molar-refractivity contribution in [2.75, 3.05) is 36.4 Å². The number of H-pyrrole nitrogens is 1. The number of carbonyl (C=O) groups excluding carboxylic acids is 1. The molecule has 1 aliphatic rings. The van der Waals surface area contributed by atoms with Gasteiger partial charge in [0.25, 0.3) is 0 Å². The molecule has 1 fully saturated rings. The summed E-state index contributed by atoms with van der Waals surface area (Å²) in [5.41, 5.74) is 0.663. The maximum atomic E-state index is 12.9. The Kier molecular flexibility index (Phi) is 4.58. The average Bonchev–Trinajstić information content (AvgIpc) is 3.10. The van der Waals surface area contributed by atoms with Crippen molar-refractivity contribution in [3.63, 3.8) is 0 Å². The first kappa shape index (κ1) is 18.1. The molecule has 9 heteroatoms. The molecule has 2 N–H and O–H groups in total. The van der Waals surface area contributed by atoms with E-state index < -0.39 is 11.7 Å². The third kappa shape index (κ3) is 3.60. The van der Waals surface area contributed by atoms with Crippen molar-refractivity contribution in [3.8, 4) is 0 Å². The highest BCUT2D eigenvalue weighted by Gasteiger charge is 2.31. The number of carbonyl (C=O) groups is 1. The van der Waals surface area contributed by atoms with Gasteiger partial charge in [0.05, 0.1) is 11.1 Å². The summed E-state index contributed by atoms with van der Waals surface area (Å²) in [5.74, 6) is 0.459. The van der Waals surface area contributed by atoms with Crippen molar-refractivity contribution in [3.05, 3.63) is 54.1 Å². The molecule has 1 aromatic heterocycles. The van der Waals surface area contributed by atoms with Crippen LogP contribution in [0.1, 0.15) is 5.56 Å². The van der Waals surface area contributed by atoms with E-state index in [1.54, 1.807) is 11.0 Å². The van der Waals surface area contributed by atoms with Crippen molar-refractivity contribution in [2.24, 2.45) is 0 Å². The van der Waals surface area contributed by atoms with Gasteiger partial charge in [-0.3, -0.25) is 10.4 Å². The van der Waals surface area contributed by atoms with Gasteiger partial charge >= 0.3 is 12.2 Å². The van der Waals surface area contributed by atoms with E-state index in [2.05, 4.69) is 15.5 Å². The van der Waals surface area contributed by atoms with Gasteiger partial charge in [-0.05, 0) is 30.3 Å². The number of amides is 2. The van der Waals surface area contributed by atoms with E-state index in [4.69, 9.17) is 0 Å². The fraction of sp³-hybridized carbons (Fsp3) is 0.263. The van der Waals surface area contributed by atoms with Crippen LogP contribution in [0.25, 0.3) is 10.9 Å². The van der Waals surface area contributed by atoms with Crippen LogP contribution in [-0.4, -0.2) is 47.3 Å². The van der Waals surface area contributed by atoms with Crippen LogP contribution < -0.4 is 10.2 Å². The summed E-state index contributed by atoms with van der Waals surface area (Å²) in [6.07, 6.45) is -4.37. The van der Waals surface area contributed by atoms with Crippen LogP contribution in [0.3, 0.4) is 0 Å². The number of para-hydroxylation sites is 1. The van der Waals surface area contributed by atoms with E-state index in [0.29, 0.717) is 37.7 Å². The molecule has 1 aliphatic heterocycles. The molecule has 4 rings (SSSR count). The molecule has 2 amide bonds. The minimum atomic E-state index is -4.37. The maximum Gasteiger partial charge on any atom is 0.416 e. The molecule has 0 aliphatic carbocycles. The lowest BCUT2D eigenvalue weighted by molar-refractivity contribution is -0.137. The number of hydrogen-bond acceptors (Lipinski definition) is 3. The van der Waals surface area contributed by atoms with E-state index >= 15 is 0 Å². The predicted molar refractivity (Wildman–Crippen MR) is 100 cm³/mol. The van der Waals surface area contributed by atoms with Crippen molar-refractivity contribution in [2.45, 2.75) is 6.18 Å². The number of aromatic nitrogens is 2. The second-order valence-corrected chi connectivity index (χ2v) is 6.57. The number of nitrogens with one attached hydrogen (secondary N) is 2. The normalized spacial score (nSPS) is 15.1. The number of urea groups is 1. The minimum Gasteiger partial charge on any atom is -0.368 e. The molecule has 0 radical (unpaired) electrons. The minimum absolute atomic E-state index is 0.277. The van der Waals surface area contributed by atoms with Crippen LogP contribution in [0.2, 0.25) is 0 Å². The zero-order valence-electron chi connectivity index (χ0n) is 14.8. The summed E-state index contributed by atoms with van der Waals surface area (Å²) in [6.45, 7) is 1.72.